The number of hydrogen-bond donors (Lipinski definition) is 2. The molecule has 32 heavy (non-hydrogen) atoms. The molecule has 0 heterocycles. The van der Waals surface area contributed by atoms with Crippen LogP contribution in [0.15, 0.2) is 59.5 Å². The van der Waals surface area contributed by atoms with Gasteiger partial charge in [-0.05, 0) is 49.2 Å². The highest BCUT2D eigenvalue weighted by atomic mass is 32.2. The van der Waals surface area contributed by atoms with Crippen LogP contribution < -0.4 is 10.0 Å². The summed E-state index contributed by atoms with van der Waals surface area (Å²) in [5.41, 5.74) is 1.07. The standard InChI is InChI=1S/C23H32FN3O3S2/c1-4-27(5-2)21(18-11-7-6-8-12-18)17-25-23(28)20(15-16-31-3)26-32(29,30)22-14-10-9-13-19(22)24/h6-14,20-21,26H,4-5,15-17H2,1-3H3,(H,25,28). The third-order valence-electron chi connectivity index (χ3n) is 5.26. The Balaban J connectivity index is 2.18. The van der Waals surface area contributed by atoms with Crippen LogP contribution in [0, 0.1) is 5.82 Å². The molecule has 0 aliphatic carbocycles. The van der Waals surface area contributed by atoms with Crippen molar-refractivity contribution in [3.8, 4) is 0 Å². The molecule has 9 heteroatoms. The van der Waals surface area contributed by atoms with Crippen LogP contribution in [-0.2, 0) is 14.8 Å². The Kier molecular flexibility index (Phi) is 10.6. The van der Waals surface area contributed by atoms with E-state index in [1.54, 1.807) is 0 Å². The normalized spacial score (nSPS) is 13.7. The van der Waals surface area contributed by atoms with E-state index in [0.717, 1.165) is 24.7 Å². The molecule has 6 nitrogen and oxygen atoms in total. The second-order valence-corrected chi connectivity index (χ2v) is 9.95. The average molecular weight is 482 g/mol. The zero-order valence-electron chi connectivity index (χ0n) is 18.8. The Morgan fingerprint density at radius 3 is 2.28 bits per heavy atom. The van der Waals surface area contributed by atoms with Gasteiger partial charge in [0.15, 0.2) is 0 Å². The van der Waals surface area contributed by atoms with E-state index in [0.29, 0.717) is 18.7 Å². The molecule has 0 fully saturated rings. The number of carbonyl (C=O) groups excluding carboxylic acids is 1. The first-order chi connectivity index (χ1) is 15.3. The van der Waals surface area contributed by atoms with Crippen LogP contribution in [-0.4, -0.2) is 56.9 Å². The number of hydrogen-bond acceptors (Lipinski definition) is 5. The van der Waals surface area contributed by atoms with Gasteiger partial charge in [-0.2, -0.15) is 16.5 Å². The molecule has 2 aromatic carbocycles. The average Bonchev–Trinajstić information content (AvgIpc) is 2.79. The summed E-state index contributed by atoms with van der Waals surface area (Å²) in [5, 5.41) is 2.92. The number of thioether (sulfide) groups is 1. The van der Waals surface area contributed by atoms with Crippen LogP contribution >= 0.6 is 11.8 Å². The zero-order valence-corrected chi connectivity index (χ0v) is 20.4. The minimum Gasteiger partial charge on any atom is -0.353 e. The molecule has 176 valence electrons. The molecule has 2 atom stereocenters. The summed E-state index contributed by atoms with van der Waals surface area (Å²) >= 11 is 1.51. The first kappa shape index (κ1) is 26.3. The number of carbonyl (C=O) groups is 1. The topological polar surface area (TPSA) is 78.5 Å². The molecule has 0 saturated carbocycles. The number of halogens is 1. The van der Waals surface area contributed by atoms with Gasteiger partial charge in [0.2, 0.25) is 15.9 Å². The van der Waals surface area contributed by atoms with Gasteiger partial charge >= 0.3 is 0 Å². The molecule has 2 rings (SSSR count). The molecular formula is C23H32FN3O3S2. The number of nitrogens with one attached hydrogen (secondary N) is 2. The van der Waals surface area contributed by atoms with Crippen molar-refractivity contribution in [3.05, 3.63) is 66.0 Å². The molecule has 1 amide bonds. The van der Waals surface area contributed by atoms with Gasteiger partial charge in [0.25, 0.3) is 0 Å². The van der Waals surface area contributed by atoms with Crippen molar-refractivity contribution < 1.29 is 17.6 Å². The van der Waals surface area contributed by atoms with E-state index in [2.05, 4.69) is 28.8 Å². The fraction of sp³-hybridized carbons (Fsp3) is 0.435. The Morgan fingerprint density at radius 2 is 1.69 bits per heavy atom. The van der Waals surface area contributed by atoms with Crippen LogP contribution in [0.1, 0.15) is 31.9 Å². The highest BCUT2D eigenvalue weighted by molar-refractivity contribution is 7.98. The lowest BCUT2D eigenvalue weighted by atomic mass is 10.0. The molecule has 0 aliphatic rings. The molecular weight excluding hydrogens is 449 g/mol. The van der Waals surface area contributed by atoms with Crippen molar-refractivity contribution in [2.45, 2.75) is 37.2 Å². The minimum absolute atomic E-state index is 0.0421. The van der Waals surface area contributed by atoms with Crippen LogP contribution in [0.25, 0.3) is 0 Å². The Bertz CT molecular complexity index is 954. The highest BCUT2D eigenvalue weighted by Crippen LogP contribution is 2.20. The monoisotopic (exact) mass is 481 g/mol. The first-order valence-electron chi connectivity index (χ1n) is 10.7. The number of amides is 1. The molecule has 2 unspecified atom stereocenters. The predicted molar refractivity (Wildman–Crippen MR) is 129 cm³/mol. The second kappa shape index (κ2) is 12.9. The molecule has 2 N–H and O–H groups in total. The Hall–Kier alpha value is -1.94. The molecule has 0 spiro atoms. The van der Waals surface area contributed by atoms with Crippen LogP contribution in [0.2, 0.25) is 0 Å². The number of likely N-dealkylation sites (N-methyl/N-ethyl adjacent to an activating group) is 1. The molecule has 0 aliphatic heterocycles. The summed E-state index contributed by atoms with van der Waals surface area (Å²) in [6, 6.07) is 14.0. The first-order valence-corrected chi connectivity index (χ1v) is 13.5. The van der Waals surface area contributed by atoms with Crippen molar-refractivity contribution in [1.82, 2.24) is 14.9 Å². The minimum atomic E-state index is -4.19. The Morgan fingerprint density at radius 1 is 1.06 bits per heavy atom. The number of nitrogens with zero attached hydrogens (tertiary/aromatic N) is 1. The lowest BCUT2D eigenvalue weighted by Crippen LogP contribution is -2.49. The smallest absolute Gasteiger partial charge is 0.244 e. The quantitative estimate of drug-likeness (QED) is 0.458. The predicted octanol–water partition coefficient (Wildman–Crippen LogP) is 3.43. The van der Waals surface area contributed by atoms with Gasteiger partial charge in [-0.15, -0.1) is 0 Å². The van der Waals surface area contributed by atoms with Gasteiger partial charge in [-0.1, -0.05) is 56.3 Å². The highest BCUT2D eigenvalue weighted by Gasteiger charge is 2.28. The second-order valence-electron chi connectivity index (χ2n) is 7.28. The fourth-order valence-corrected chi connectivity index (χ4v) is 5.29. The molecule has 2 aromatic rings. The number of benzene rings is 2. The van der Waals surface area contributed by atoms with E-state index in [4.69, 9.17) is 0 Å². The van der Waals surface area contributed by atoms with Gasteiger partial charge in [0.1, 0.15) is 16.8 Å². The van der Waals surface area contributed by atoms with Gasteiger partial charge in [-0.3, -0.25) is 9.69 Å². The number of sulfonamides is 1. The van der Waals surface area contributed by atoms with E-state index in [9.17, 15) is 17.6 Å². The molecule has 0 saturated heterocycles. The number of rotatable bonds is 13. The maximum atomic E-state index is 14.1. The summed E-state index contributed by atoms with van der Waals surface area (Å²) in [7, 11) is -4.19. The zero-order chi connectivity index (χ0) is 23.6. The summed E-state index contributed by atoms with van der Waals surface area (Å²) in [4.78, 5) is 14.8. The molecule has 0 bridgehead atoms. The van der Waals surface area contributed by atoms with Crippen molar-refractivity contribution in [2.24, 2.45) is 0 Å². The van der Waals surface area contributed by atoms with Crippen molar-refractivity contribution in [2.75, 3.05) is 31.6 Å². The third kappa shape index (κ3) is 7.30. The van der Waals surface area contributed by atoms with E-state index in [-0.39, 0.29) is 6.04 Å². The van der Waals surface area contributed by atoms with Crippen LogP contribution in [0.4, 0.5) is 4.39 Å². The lowest BCUT2D eigenvalue weighted by molar-refractivity contribution is -0.123. The molecule has 0 aromatic heterocycles. The fourth-order valence-electron chi connectivity index (χ4n) is 3.51. The lowest BCUT2D eigenvalue weighted by Gasteiger charge is -2.31. The maximum absolute atomic E-state index is 14.1. The van der Waals surface area contributed by atoms with Gasteiger partial charge in [0.05, 0.1) is 6.04 Å². The van der Waals surface area contributed by atoms with Crippen LogP contribution in [0.5, 0.6) is 0 Å². The van der Waals surface area contributed by atoms with E-state index in [1.165, 1.54) is 30.0 Å². The third-order valence-corrected chi connectivity index (χ3v) is 7.41. The van der Waals surface area contributed by atoms with E-state index in [1.807, 2.05) is 36.6 Å². The van der Waals surface area contributed by atoms with Gasteiger partial charge < -0.3 is 5.32 Å². The van der Waals surface area contributed by atoms with Crippen molar-refractivity contribution in [1.29, 1.82) is 0 Å². The maximum Gasteiger partial charge on any atom is 0.244 e. The van der Waals surface area contributed by atoms with Gasteiger partial charge in [0, 0.05) is 6.54 Å². The summed E-state index contributed by atoms with van der Waals surface area (Å²) < 4.78 is 42.0. The largest absolute Gasteiger partial charge is 0.353 e. The van der Waals surface area contributed by atoms with Crippen molar-refractivity contribution in [3.63, 3.8) is 0 Å². The SMILES string of the molecule is CCN(CC)C(CNC(=O)C(CCSC)NS(=O)(=O)c1ccccc1F)c1ccccc1. The van der Waals surface area contributed by atoms with Crippen LogP contribution in [0.3, 0.4) is 0 Å². The summed E-state index contributed by atoms with van der Waals surface area (Å²) in [5.74, 6) is -0.697. The Labute approximate surface area is 195 Å². The van der Waals surface area contributed by atoms with E-state index >= 15 is 0 Å². The summed E-state index contributed by atoms with van der Waals surface area (Å²) in [6.45, 7) is 6.07. The molecule has 0 radical (unpaired) electrons. The van der Waals surface area contributed by atoms with E-state index < -0.39 is 32.7 Å². The summed E-state index contributed by atoms with van der Waals surface area (Å²) in [6.07, 6.45) is 2.17. The van der Waals surface area contributed by atoms with Crippen molar-refractivity contribution >= 4 is 27.7 Å². The van der Waals surface area contributed by atoms with Gasteiger partial charge in [-0.25, -0.2) is 12.8 Å².